The number of amides is 1. The van der Waals surface area contributed by atoms with Crippen LogP contribution < -0.4 is 19.7 Å². The number of aryl methyl sites for hydroxylation is 1. The van der Waals surface area contributed by atoms with E-state index < -0.39 is 0 Å². The minimum atomic E-state index is -0.165. The summed E-state index contributed by atoms with van der Waals surface area (Å²) in [5.74, 6) is 1.47. The minimum absolute atomic E-state index is 0.165. The number of nitrogens with one attached hydrogen (secondary N) is 1. The normalized spacial score (nSPS) is 13.7. The average molecular weight is 383 g/mol. The molecule has 28 heavy (non-hydrogen) atoms. The van der Waals surface area contributed by atoms with E-state index in [0.717, 1.165) is 18.8 Å². The Labute approximate surface area is 167 Å². The second-order valence-electron chi connectivity index (χ2n) is 7.72. The predicted octanol–water partition coefficient (Wildman–Crippen LogP) is 4.89. The van der Waals surface area contributed by atoms with E-state index in [1.165, 1.54) is 24.1 Å². The third-order valence-corrected chi connectivity index (χ3v) is 4.90. The number of hydrogen-bond donors (Lipinski definition) is 1. The van der Waals surface area contributed by atoms with Crippen LogP contribution in [0.1, 0.15) is 42.6 Å². The van der Waals surface area contributed by atoms with Crippen LogP contribution in [0.5, 0.6) is 11.5 Å². The Morgan fingerprint density at radius 2 is 1.86 bits per heavy atom. The number of nitrogens with zero attached hydrogens (tertiary/aromatic N) is 1. The second kappa shape index (κ2) is 9.00. The van der Waals surface area contributed by atoms with Gasteiger partial charge in [-0.15, -0.1) is 0 Å². The number of carbonyl (C=O) groups excluding carboxylic acids is 1. The van der Waals surface area contributed by atoms with Crippen molar-refractivity contribution in [3.8, 4) is 11.5 Å². The van der Waals surface area contributed by atoms with Gasteiger partial charge in [-0.05, 0) is 67.6 Å². The zero-order chi connectivity index (χ0) is 20.1. The largest absolute Gasteiger partial charge is 0.493 e. The van der Waals surface area contributed by atoms with Crippen LogP contribution in [0, 0.1) is 12.8 Å². The molecule has 0 aliphatic carbocycles. The number of carbonyl (C=O) groups is 1. The van der Waals surface area contributed by atoms with Crippen LogP contribution >= 0.6 is 0 Å². The van der Waals surface area contributed by atoms with Gasteiger partial charge in [-0.1, -0.05) is 13.8 Å². The highest BCUT2D eigenvalue weighted by atomic mass is 16.5. The number of hydrogen-bond acceptors (Lipinski definition) is 4. The zero-order valence-electron chi connectivity index (χ0n) is 17.2. The van der Waals surface area contributed by atoms with Crippen molar-refractivity contribution in [3.63, 3.8) is 0 Å². The molecule has 0 bridgehead atoms. The van der Waals surface area contributed by atoms with E-state index in [1.54, 1.807) is 25.3 Å². The van der Waals surface area contributed by atoms with E-state index in [0.29, 0.717) is 29.6 Å². The molecule has 1 fully saturated rings. The lowest BCUT2D eigenvalue weighted by Gasteiger charge is -2.20. The molecule has 1 heterocycles. The van der Waals surface area contributed by atoms with Gasteiger partial charge in [0.15, 0.2) is 11.5 Å². The number of rotatable bonds is 7. The molecular weight excluding hydrogens is 352 g/mol. The maximum Gasteiger partial charge on any atom is 0.255 e. The van der Waals surface area contributed by atoms with Gasteiger partial charge in [0, 0.05) is 30.0 Å². The van der Waals surface area contributed by atoms with Crippen molar-refractivity contribution in [2.45, 2.75) is 33.6 Å². The van der Waals surface area contributed by atoms with Gasteiger partial charge in [-0.25, -0.2) is 0 Å². The smallest absolute Gasteiger partial charge is 0.255 e. The summed E-state index contributed by atoms with van der Waals surface area (Å²) in [4.78, 5) is 15.1. The number of benzene rings is 2. The van der Waals surface area contributed by atoms with Gasteiger partial charge in [0.25, 0.3) is 5.91 Å². The summed E-state index contributed by atoms with van der Waals surface area (Å²) in [6.07, 6.45) is 2.49. The molecule has 0 spiro atoms. The highest BCUT2D eigenvalue weighted by molar-refractivity contribution is 6.04. The minimum Gasteiger partial charge on any atom is -0.493 e. The highest BCUT2D eigenvalue weighted by Crippen LogP contribution is 2.30. The molecule has 150 valence electrons. The lowest BCUT2D eigenvalue weighted by molar-refractivity contribution is 0.102. The van der Waals surface area contributed by atoms with Crippen LogP contribution in [0.3, 0.4) is 0 Å². The Hall–Kier alpha value is -2.69. The molecule has 1 aliphatic heterocycles. The lowest BCUT2D eigenvalue weighted by atomic mass is 10.1. The van der Waals surface area contributed by atoms with Crippen molar-refractivity contribution in [2.24, 2.45) is 5.92 Å². The van der Waals surface area contributed by atoms with Crippen LogP contribution in [-0.2, 0) is 0 Å². The van der Waals surface area contributed by atoms with Crippen molar-refractivity contribution in [1.29, 1.82) is 0 Å². The van der Waals surface area contributed by atoms with Gasteiger partial charge in [0.05, 0.1) is 13.7 Å². The molecule has 1 saturated heterocycles. The summed E-state index contributed by atoms with van der Waals surface area (Å²) in [6.45, 7) is 9.09. The van der Waals surface area contributed by atoms with Gasteiger partial charge in [0.1, 0.15) is 0 Å². The summed E-state index contributed by atoms with van der Waals surface area (Å²) in [5, 5.41) is 2.98. The fraction of sp³-hybridized carbons (Fsp3) is 0.435. The lowest BCUT2D eigenvalue weighted by Crippen LogP contribution is -2.19. The molecule has 1 amide bonds. The Bertz CT molecular complexity index is 827. The molecule has 0 unspecified atom stereocenters. The number of methoxy groups -OCH3 is 1. The highest BCUT2D eigenvalue weighted by Gasteiger charge is 2.16. The third kappa shape index (κ3) is 4.77. The molecule has 2 aromatic carbocycles. The van der Waals surface area contributed by atoms with E-state index in [2.05, 4.69) is 37.1 Å². The molecule has 0 atom stereocenters. The van der Waals surface area contributed by atoms with Crippen LogP contribution in [0.4, 0.5) is 11.4 Å². The summed E-state index contributed by atoms with van der Waals surface area (Å²) in [7, 11) is 1.58. The quantitative estimate of drug-likeness (QED) is 0.741. The van der Waals surface area contributed by atoms with Crippen LogP contribution in [0.25, 0.3) is 0 Å². The molecule has 0 saturated carbocycles. The summed E-state index contributed by atoms with van der Waals surface area (Å²) < 4.78 is 11.2. The van der Waals surface area contributed by atoms with Gasteiger partial charge in [0.2, 0.25) is 0 Å². The fourth-order valence-corrected chi connectivity index (χ4v) is 3.43. The summed E-state index contributed by atoms with van der Waals surface area (Å²) in [5.41, 5.74) is 3.76. The Kier molecular flexibility index (Phi) is 6.45. The first-order chi connectivity index (χ1) is 13.5. The maximum atomic E-state index is 12.7. The van der Waals surface area contributed by atoms with Gasteiger partial charge >= 0.3 is 0 Å². The van der Waals surface area contributed by atoms with Crippen LogP contribution in [-0.4, -0.2) is 32.7 Å². The van der Waals surface area contributed by atoms with Crippen molar-refractivity contribution < 1.29 is 14.3 Å². The van der Waals surface area contributed by atoms with E-state index in [-0.39, 0.29) is 5.91 Å². The van der Waals surface area contributed by atoms with Gasteiger partial charge in [-0.2, -0.15) is 0 Å². The molecule has 0 aromatic heterocycles. The van der Waals surface area contributed by atoms with Crippen molar-refractivity contribution >= 4 is 17.3 Å². The van der Waals surface area contributed by atoms with Crippen LogP contribution in [0.2, 0.25) is 0 Å². The van der Waals surface area contributed by atoms with E-state index in [4.69, 9.17) is 9.47 Å². The first-order valence-electron chi connectivity index (χ1n) is 9.95. The van der Waals surface area contributed by atoms with Gasteiger partial charge < -0.3 is 19.7 Å². The average Bonchev–Trinajstić information content (AvgIpc) is 3.20. The Morgan fingerprint density at radius 3 is 2.50 bits per heavy atom. The molecule has 1 aliphatic rings. The Morgan fingerprint density at radius 1 is 1.11 bits per heavy atom. The molecule has 2 aromatic rings. The molecule has 0 radical (unpaired) electrons. The van der Waals surface area contributed by atoms with E-state index in [1.807, 2.05) is 12.1 Å². The number of ether oxygens (including phenoxy) is 2. The standard InChI is InChI=1S/C23H30N2O3/c1-16(2)15-28-21-10-7-18(14-22(21)27-4)23(26)24-19-8-9-20(17(3)13-19)25-11-5-6-12-25/h7-10,13-14,16H,5-6,11-12,15H2,1-4H3,(H,24,26). The Balaban J connectivity index is 1.71. The summed E-state index contributed by atoms with van der Waals surface area (Å²) in [6, 6.07) is 11.4. The van der Waals surface area contributed by atoms with Crippen molar-refractivity contribution in [3.05, 3.63) is 47.5 Å². The van der Waals surface area contributed by atoms with Crippen molar-refractivity contribution in [1.82, 2.24) is 0 Å². The topological polar surface area (TPSA) is 50.8 Å². The molecule has 1 N–H and O–H groups in total. The van der Waals surface area contributed by atoms with Crippen molar-refractivity contribution in [2.75, 3.05) is 37.0 Å². The van der Waals surface area contributed by atoms with E-state index >= 15 is 0 Å². The molecule has 3 rings (SSSR count). The van der Waals surface area contributed by atoms with Crippen LogP contribution in [0.15, 0.2) is 36.4 Å². The zero-order valence-corrected chi connectivity index (χ0v) is 17.2. The summed E-state index contributed by atoms with van der Waals surface area (Å²) >= 11 is 0. The molecular formula is C23H30N2O3. The fourth-order valence-electron chi connectivity index (χ4n) is 3.43. The first kappa shape index (κ1) is 20.1. The SMILES string of the molecule is COc1cc(C(=O)Nc2ccc(N3CCCC3)c(C)c2)ccc1OCC(C)C. The van der Waals surface area contributed by atoms with E-state index in [9.17, 15) is 4.79 Å². The van der Waals surface area contributed by atoms with Gasteiger partial charge in [-0.3, -0.25) is 4.79 Å². The molecule has 5 heteroatoms. The third-order valence-electron chi connectivity index (χ3n) is 4.90. The molecule has 5 nitrogen and oxygen atoms in total. The predicted molar refractivity (Wildman–Crippen MR) is 114 cm³/mol. The first-order valence-corrected chi connectivity index (χ1v) is 9.95. The monoisotopic (exact) mass is 382 g/mol. The number of anilines is 2. The second-order valence-corrected chi connectivity index (χ2v) is 7.72. The maximum absolute atomic E-state index is 12.7.